The Labute approximate surface area is 119 Å². The van der Waals surface area contributed by atoms with Gasteiger partial charge in [0.1, 0.15) is 0 Å². The summed E-state index contributed by atoms with van der Waals surface area (Å²) in [6.45, 7) is 3.30. The first-order chi connectivity index (χ1) is 8.79. The number of halogens is 1. The Kier molecular flexibility index (Phi) is 5.71. The summed E-state index contributed by atoms with van der Waals surface area (Å²) in [5.74, 6) is 0.873. The third-order valence-corrected chi connectivity index (χ3v) is 4.52. The molecule has 1 nitrogen and oxygen atoms in total. The fraction of sp³-hybridized carbons (Fsp3) is 0.625. The van der Waals surface area contributed by atoms with Crippen LogP contribution in [0.1, 0.15) is 44.6 Å². The molecule has 2 heteroatoms. The topological polar surface area (TPSA) is 12.0 Å². The summed E-state index contributed by atoms with van der Waals surface area (Å²) in [5, 5.41) is 3.70. The second-order valence-electron chi connectivity index (χ2n) is 5.40. The van der Waals surface area contributed by atoms with E-state index in [1.165, 1.54) is 42.1 Å². The fourth-order valence-electron chi connectivity index (χ4n) is 3.12. The molecule has 1 aliphatic rings. The second-order valence-corrected chi connectivity index (χ2v) is 6.31. The molecule has 0 saturated heterocycles. The smallest absolute Gasteiger partial charge is 0.0178 e. The van der Waals surface area contributed by atoms with Gasteiger partial charge in [-0.05, 0) is 49.4 Å². The maximum absolute atomic E-state index is 3.70. The summed E-state index contributed by atoms with van der Waals surface area (Å²) in [7, 11) is 0. The molecule has 1 aromatic rings. The van der Waals surface area contributed by atoms with Crippen molar-refractivity contribution in [2.24, 2.45) is 5.92 Å². The maximum atomic E-state index is 3.70. The minimum atomic E-state index is 0.657. The van der Waals surface area contributed by atoms with Gasteiger partial charge in [-0.25, -0.2) is 0 Å². The first-order valence-electron chi connectivity index (χ1n) is 7.27. The van der Waals surface area contributed by atoms with E-state index < -0.39 is 0 Å². The Hall–Kier alpha value is -0.340. The van der Waals surface area contributed by atoms with E-state index in [9.17, 15) is 0 Å². The van der Waals surface area contributed by atoms with E-state index in [2.05, 4.69) is 52.4 Å². The molecule has 1 atom stereocenters. The number of hydrogen-bond acceptors (Lipinski definition) is 1. The quantitative estimate of drug-likeness (QED) is 0.841. The standard InChI is InChI=1S/C16H24BrN/c1-2-18-16(14-8-4-3-5-9-14)12-13-7-6-10-15(17)11-13/h6-7,10-11,14,16,18H,2-5,8-9,12H2,1H3. The van der Waals surface area contributed by atoms with Crippen LogP contribution in [0.2, 0.25) is 0 Å². The van der Waals surface area contributed by atoms with Gasteiger partial charge >= 0.3 is 0 Å². The Morgan fingerprint density at radius 1 is 1.28 bits per heavy atom. The molecule has 100 valence electrons. The molecule has 1 saturated carbocycles. The molecule has 0 amide bonds. The van der Waals surface area contributed by atoms with Crippen LogP contribution in [0.4, 0.5) is 0 Å². The zero-order chi connectivity index (χ0) is 12.8. The van der Waals surface area contributed by atoms with Gasteiger partial charge in [0, 0.05) is 10.5 Å². The molecule has 0 radical (unpaired) electrons. The van der Waals surface area contributed by atoms with E-state index in [-0.39, 0.29) is 0 Å². The van der Waals surface area contributed by atoms with Crippen LogP contribution >= 0.6 is 15.9 Å². The zero-order valence-corrected chi connectivity index (χ0v) is 12.9. The van der Waals surface area contributed by atoms with Gasteiger partial charge in [0.2, 0.25) is 0 Å². The van der Waals surface area contributed by atoms with Crippen LogP contribution in [-0.2, 0) is 6.42 Å². The van der Waals surface area contributed by atoms with E-state index in [0.29, 0.717) is 6.04 Å². The van der Waals surface area contributed by atoms with Crippen molar-refractivity contribution in [3.8, 4) is 0 Å². The van der Waals surface area contributed by atoms with Crippen molar-refractivity contribution >= 4 is 15.9 Å². The Morgan fingerprint density at radius 3 is 2.72 bits per heavy atom. The number of nitrogens with one attached hydrogen (secondary N) is 1. The molecule has 1 fully saturated rings. The van der Waals surface area contributed by atoms with Crippen molar-refractivity contribution < 1.29 is 0 Å². The van der Waals surface area contributed by atoms with Gasteiger partial charge in [0.15, 0.2) is 0 Å². The van der Waals surface area contributed by atoms with E-state index >= 15 is 0 Å². The van der Waals surface area contributed by atoms with Gasteiger partial charge in [-0.3, -0.25) is 0 Å². The lowest BCUT2D eigenvalue weighted by atomic mass is 9.81. The van der Waals surface area contributed by atoms with Crippen LogP contribution in [0.3, 0.4) is 0 Å². The molecule has 18 heavy (non-hydrogen) atoms. The van der Waals surface area contributed by atoms with Crippen LogP contribution in [-0.4, -0.2) is 12.6 Å². The average Bonchev–Trinajstić information content (AvgIpc) is 2.39. The highest BCUT2D eigenvalue weighted by Gasteiger charge is 2.22. The molecular formula is C16H24BrN. The van der Waals surface area contributed by atoms with E-state index in [1.807, 2.05) is 0 Å². The zero-order valence-electron chi connectivity index (χ0n) is 11.3. The first-order valence-corrected chi connectivity index (χ1v) is 8.06. The van der Waals surface area contributed by atoms with Crippen LogP contribution in [0.5, 0.6) is 0 Å². The summed E-state index contributed by atoms with van der Waals surface area (Å²) >= 11 is 3.57. The van der Waals surface area contributed by atoms with Gasteiger partial charge in [0.25, 0.3) is 0 Å². The SMILES string of the molecule is CCNC(Cc1cccc(Br)c1)C1CCCCC1. The van der Waals surface area contributed by atoms with Gasteiger partial charge in [0.05, 0.1) is 0 Å². The Morgan fingerprint density at radius 2 is 2.06 bits per heavy atom. The van der Waals surface area contributed by atoms with Gasteiger partial charge in [-0.15, -0.1) is 0 Å². The van der Waals surface area contributed by atoms with Crippen LogP contribution in [0.25, 0.3) is 0 Å². The van der Waals surface area contributed by atoms with Gasteiger partial charge in [-0.1, -0.05) is 54.2 Å². The highest BCUT2D eigenvalue weighted by atomic mass is 79.9. The molecule has 2 rings (SSSR count). The normalized spacial score (nSPS) is 18.8. The number of hydrogen-bond donors (Lipinski definition) is 1. The van der Waals surface area contributed by atoms with Crippen LogP contribution < -0.4 is 5.32 Å². The lowest BCUT2D eigenvalue weighted by molar-refractivity contribution is 0.269. The Balaban J connectivity index is 2.00. The molecule has 1 unspecified atom stereocenters. The molecule has 1 N–H and O–H groups in total. The molecular weight excluding hydrogens is 286 g/mol. The second kappa shape index (κ2) is 7.30. The molecule has 0 heterocycles. The summed E-state index contributed by atoms with van der Waals surface area (Å²) in [4.78, 5) is 0. The highest BCUT2D eigenvalue weighted by Crippen LogP contribution is 2.28. The van der Waals surface area contributed by atoms with Gasteiger partial charge < -0.3 is 5.32 Å². The number of likely N-dealkylation sites (N-methyl/N-ethyl adjacent to an activating group) is 1. The van der Waals surface area contributed by atoms with Crippen molar-refractivity contribution in [3.63, 3.8) is 0 Å². The van der Waals surface area contributed by atoms with Crippen LogP contribution in [0.15, 0.2) is 28.7 Å². The fourth-order valence-corrected chi connectivity index (χ4v) is 3.57. The van der Waals surface area contributed by atoms with E-state index in [4.69, 9.17) is 0 Å². The maximum Gasteiger partial charge on any atom is 0.0178 e. The summed E-state index contributed by atoms with van der Waals surface area (Å²) in [6, 6.07) is 9.41. The lowest BCUT2D eigenvalue weighted by Crippen LogP contribution is -2.38. The number of benzene rings is 1. The predicted octanol–water partition coefficient (Wildman–Crippen LogP) is 4.55. The molecule has 0 bridgehead atoms. The lowest BCUT2D eigenvalue weighted by Gasteiger charge is -2.31. The third-order valence-electron chi connectivity index (χ3n) is 4.03. The van der Waals surface area contributed by atoms with Crippen molar-refractivity contribution in [2.75, 3.05) is 6.54 Å². The van der Waals surface area contributed by atoms with Crippen molar-refractivity contribution in [2.45, 2.75) is 51.5 Å². The molecule has 1 aromatic carbocycles. The average molecular weight is 310 g/mol. The third kappa shape index (κ3) is 4.10. The molecule has 0 aromatic heterocycles. The highest BCUT2D eigenvalue weighted by molar-refractivity contribution is 9.10. The first kappa shape index (κ1) is 14.1. The van der Waals surface area contributed by atoms with Crippen molar-refractivity contribution in [1.29, 1.82) is 0 Å². The molecule has 1 aliphatic carbocycles. The van der Waals surface area contributed by atoms with Crippen molar-refractivity contribution in [3.05, 3.63) is 34.3 Å². The molecule has 0 aliphatic heterocycles. The van der Waals surface area contributed by atoms with Gasteiger partial charge in [-0.2, -0.15) is 0 Å². The van der Waals surface area contributed by atoms with E-state index in [0.717, 1.165) is 18.9 Å². The van der Waals surface area contributed by atoms with E-state index in [1.54, 1.807) is 0 Å². The monoisotopic (exact) mass is 309 g/mol. The minimum Gasteiger partial charge on any atom is -0.314 e. The predicted molar refractivity (Wildman–Crippen MR) is 81.9 cm³/mol. The largest absolute Gasteiger partial charge is 0.314 e. The minimum absolute atomic E-state index is 0.657. The Bertz CT molecular complexity index is 358. The number of rotatable bonds is 5. The summed E-state index contributed by atoms with van der Waals surface area (Å²) in [5.41, 5.74) is 1.45. The van der Waals surface area contributed by atoms with Crippen molar-refractivity contribution in [1.82, 2.24) is 5.32 Å². The van der Waals surface area contributed by atoms with Crippen LogP contribution in [0, 0.1) is 5.92 Å². The summed E-state index contributed by atoms with van der Waals surface area (Å²) < 4.78 is 1.19. The molecule has 0 spiro atoms. The summed E-state index contributed by atoms with van der Waals surface area (Å²) in [6.07, 6.45) is 8.26.